The van der Waals surface area contributed by atoms with Crippen LogP contribution in [0.1, 0.15) is 23.8 Å². The average molecular weight is 286 g/mol. The van der Waals surface area contributed by atoms with E-state index in [2.05, 4.69) is 29.2 Å². The summed E-state index contributed by atoms with van der Waals surface area (Å²) in [6.07, 6.45) is 0.992. The maximum absolute atomic E-state index is 12.4. The summed E-state index contributed by atoms with van der Waals surface area (Å²) < 4.78 is 0. The zero-order valence-corrected chi connectivity index (χ0v) is 12.5. The second-order valence-corrected chi connectivity index (χ2v) is 6.10. The number of piperidine rings is 1. The highest BCUT2D eigenvalue weighted by Gasteiger charge is 2.26. The fourth-order valence-electron chi connectivity index (χ4n) is 3.12. The van der Waals surface area contributed by atoms with Crippen molar-refractivity contribution in [3.8, 4) is 0 Å². The number of aromatic amines is 1. The highest BCUT2D eigenvalue weighted by atomic mass is 16.1. The normalized spacial score (nSPS) is 23.3. The lowest BCUT2D eigenvalue weighted by molar-refractivity contribution is 0.0879. The van der Waals surface area contributed by atoms with Crippen molar-refractivity contribution < 1.29 is 4.79 Å². The number of hydrogen-bond donors (Lipinski definition) is 3. The molecule has 1 aromatic heterocycles. The van der Waals surface area contributed by atoms with Gasteiger partial charge in [-0.05, 0) is 38.1 Å². The number of carbonyl (C=O) groups excluding carboxylic acids is 1. The standard InChI is InChI=1S/C16H22N4O/c1-10-9-20(2)7-6-13(10)19-16(21)14-8-11-4-3-5-12(17)15(11)18-14/h3-5,8,10,13,18H,6-7,9,17H2,1-2H3,(H,19,21). The van der Waals surface area contributed by atoms with Gasteiger partial charge in [0.2, 0.25) is 0 Å². The van der Waals surface area contributed by atoms with Crippen LogP contribution in [-0.4, -0.2) is 42.0 Å². The molecular formula is C16H22N4O. The minimum absolute atomic E-state index is 0.0491. The molecule has 3 rings (SSSR count). The van der Waals surface area contributed by atoms with E-state index in [1.165, 1.54) is 0 Å². The van der Waals surface area contributed by atoms with Crippen LogP contribution in [-0.2, 0) is 0 Å². The SMILES string of the molecule is CC1CN(C)CCC1NC(=O)c1cc2cccc(N)c2[nH]1. The molecule has 1 aliphatic rings. The second-order valence-electron chi connectivity index (χ2n) is 6.10. The molecule has 1 saturated heterocycles. The number of anilines is 1. The molecule has 1 fully saturated rings. The summed E-state index contributed by atoms with van der Waals surface area (Å²) >= 11 is 0. The van der Waals surface area contributed by atoms with Crippen LogP contribution in [0.5, 0.6) is 0 Å². The quantitative estimate of drug-likeness (QED) is 0.737. The van der Waals surface area contributed by atoms with E-state index in [4.69, 9.17) is 5.73 Å². The number of H-pyrrole nitrogens is 1. The Morgan fingerprint density at radius 1 is 1.48 bits per heavy atom. The van der Waals surface area contributed by atoms with E-state index in [0.717, 1.165) is 30.4 Å². The van der Waals surface area contributed by atoms with E-state index in [9.17, 15) is 4.79 Å². The molecule has 2 atom stereocenters. The van der Waals surface area contributed by atoms with Gasteiger partial charge in [0.1, 0.15) is 5.69 Å². The van der Waals surface area contributed by atoms with Gasteiger partial charge in [-0.1, -0.05) is 19.1 Å². The van der Waals surface area contributed by atoms with Crippen molar-refractivity contribution in [1.29, 1.82) is 0 Å². The number of likely N-dealkylation sites (tertiary alicyclic amines) is 1. The molecule has 5 nitrogen and oxygen atoms in total. The predicted molar refractivity (Wildman–Crippen MR) is 85.2 cm³/mol. The minimum Gasteiger partial charge on any atom is -0.397 e. The number of fused-ring (bicyclic) bond motifs is 1. The third-order valence-corrected chi connectivity index (χ3v) is 4.36. The molecule has 2 aromatic rings. The zero-order chi connectivity index (χ0) is 15.0. The number of amides is 1. The number of carbonyl (C=O) groups is 1. The van der Waals surface area contributed by atoms with Crippen molar-refractivity contribution in [2.24, 2.45) is 5.92 Å². The topological polar surface area (TPSA) is 74.2 Å². The van der Waals surface area contributed by atoms with Gasteiger partial charge in [0.15, 0.2) is 0 Å². The predicted octanol–water partition coefficient (Wildman–Crippen LogP) is 1.82. The number of nitrogen functional groups attached to an aromatic ring is 1. The number of para-hydroxylation sites is 1. The molecule has 4 N–H and O–H groups in total. The molecule has 0 saturated carbocycles. The molecule has 0 spiro atoms. The fourth-order valence-corrected chi connectivity index (χ4v) is 3.12. The molecule has 5 heteroatoms. The number of nitrogens with zero attached hydrogens (tertiary/aromatic N) is 1. The van der Waals surface area contributed by atoms with Crippen LogP contribution in [0.2, 0.25) is 0 Å². The number of nitrogens with two attached hydrogens (primary N) is 1. The summed E-state index contributed by atoms with van der Waals surface area (Å²) in [5, 5.41) is 4.12. The molecule has 112 valence electrons. The Kier molecular flexibility index (Phi) is 3.59. The van der Waals surface area contributed by atoms with E-state index in [-0.39, 0.29) is 11.9 Å². The van der Waals surface area contributed by atoms with Crippen molar-refractivity contribution in [2.75, 3.05) is 25.9 Å². The van der Waals surface area contributed by atoms with Crippen LogP contribution in [0.25, 0.3) is 10.9 Å². The Labute approximate surface area is 124 Å². The molecule has 21 heavy (non-hydrogen) atoms. The summed E-state index contributed by atoms with van der Waals surface area (Å²) in [6, 6.07) is 7.78. The van der Waals surface area contributed by atoms with Gasteiger partial charge in [-0.2, -0.15) is 0 Å². The van der Waals surface area contributed by atoms with E-state index >= 15 is 0 Å². The first-order valence-electron chi connectivity index (χ1n) is 7.41. The molecule has 2 heterocycles. The van der Waals surface area contributed by atoms with Gasteiger partial charge in [0, 0.05) is 18.0 Å². The Balaban J connectivity index is 1.76. The van der Waals surface area contributed by atoms with E-state index in [0.29, 0.717) is 17.3 Å². The first kappa shape index (κ1) is 13.9. The summed E-state index contributed by atoms with van der Waals surface area (Å²) in [7, 11) is 2.12. The van der Waals surface area contributed by atoms with E-state index < -0.39 is 0 Å². The summed E-state index contributed by atoms with van der Waals surface area (Å²) in [5.74, 6) is 0.411. The highest BCUT2D eigenvalue weighted by Crippen LogP contribution is 2.22. The van der Waals surface area contributed by atoms with E-state index in [1.54, 1.807) is 0 Å². The van der Waals surface area contributed by atoms with Crippen molar-refractivity contribution in [3.63, 3.8) is 0 Å². The molecule has 0 aliphatic carbocycles. The molecule has 0 bridgehead atoms. The smallest absolute Gasteiger partial charge is 0.267 e. The van der Waals surface area contributed by atoms with Gasteiger partial charge in [-0.15, -0.1) is 0 Å². The number of benzene rings is 1. The fraction of sp³-hybridized carbons (Fsp3) is 0.438. The number of nitrogens with one attached hydrogen (secondary N) is 2. The highest BCUT2D eigenvalue weighted by molar-refractivity contribution is 6.00. The molecule has 0 radical (unpaired) electrons. The number of hydrogen-bond acceptors (Lipinski definition) is 3. The Bertz CT molecular complexity index is 663. The van der Waals surface area contributed by atoms with Crippen LogP contribution in [0.3, 0.4) is 0 Å². The summed E-state index contributed by atoms with van der Waals surface area (Å²) in [6.45, 7) is 4.23. The summed E-state index contributed by atoms with van der Waals surface area (Å²) in [5.41, 5.74) is 8.00. The second kappa shape index (κ2) is 5.41. The lowest BCUT2D eigenvalue weighted by atomic mass is 9.94. The molecule has 1 aliphatic heterocycles. The van der Waals surface area contributed by atoms with Gasteiger partial charge in [0.05, 0.1) is 11.2 Å². The third kappa shape index (κ3) is 2.74. The zero-order valence-electron chi connectivity index (χ0n) is 12.5. The summed E-state index contributed by atoms with van der Waals surface area (Å²) in [4.78, 5) is 17.9. The third-order valence-electron chi connectivity index (χ3n) is 4.36. The number of rotatable bonds is 2. The lowest BCUT2D eigenvalue weighted by Gasteiger charge is -2.35. The lowest BCUT2D eigenvalue weighted by Crippen LogP contribution is -2.48. The van der Waals surface area contributed by atoms with Crippen molar-refractivity contribution in [3.05, 3.63) is 30.0 Å². The first-order valence-corrected chi connectivity index (χ1v) is 7.41. The number of aromatic nitrogens is 1. The largest absolute Gasteiger partial charge is 0.397 e. The molecule has 2 unspecified atom stereocenters. The van der Waals surface area contributed by atoms with Crippen LogP contribution < -0.4 is 11.1 Å². The molecular weight excluding hydrogens is 264 g/mol. The first-order chi connectivity index (χ1) is 10.0. The van der Waals surface area contributed by atoms with Gasteiger partial charge in [-0.25, -0.2) is 0 Å². The maximum atomic E-state index is 12.4. The van der Waals surface area contributed by atoms with Crippen molar-refractivity contribution >= 4 is 22.5 Å². The van der Waals surface area contributed by atoms with Crippen molar-refractivity contribution in [1.82, 2.24) is 15.2 Å². The van der Waals surface area contributed by atoms with Crippen LogP contribution in [0.15, 0.2) is 24.3 Å². The van der Waals surface area contributed by atoms with Crippen LogP contribution >= 0.6 is 0 Å². The van der Waals surface area contributed by atoms with Crippen molar-refractivity contribution in [2.45, 2.75) is 19.4 Å². The Morgan fingerprint density at radius 2 is 2.29 bits per heavy atom. The molecule has 1 amide bonds. The minimum atomic E-state index is -0.0491. The van der Waals surface area contributed by atoms with Gasteiger partial charge < -0.3 is 20.9 Å². The monoisotopic (exact) mass is 286 g/mol. The van der Waals surface area contributed by atoms with E-state index in [1.807, 2.05) is 24.3 Å². The van der Waals surface area contributed by atoms with Gasteiger partial charge >= 0.3 is 0 Å². The Hall–Kier alpha value is -2.01. The van der Waals surface area contributed by atoms with Crippen LogP contribution in [0, 0.1) is 5.92 Å². The Morgan fingerprint density at radius 3 is 3.00 bits per heavy atom. The average Bonchev–Trinajstić information content (AvgIpc) is 2.87. The molecule has 1 aromatic carbocycles. The van der Waals surface area contributed by atoms with Gasteiger partial charge in [-0.3, -0.25) is 4.79 Å². The van der Waals surface area contributed by atoms with Crippen LogP contribution in [0.4, 0.5) is 5.69 Å². The maximum Gasteiger partial charge on any atom is 0.267 e. The van der Waals surface area contributed by atoms with Gasteiger partial charge in [0.25, 0.3) is 5.91 Å².